The highest BCUT2D eigenvalue weighted by Gasteiger charge is 2.35. The van der Waals surface area contributed by atoms with E-state index >= 15 is 0 Å². The van der Waals surface area contributed by atoms with E-state index in [4.69, 9.17) is 5.11 Å². The second-order valence-electron chi connectivity index (χ2n) is 4.66. The third kappa shape index (κ3) is 4.39. The minimum atomic E-state index is -3.19. The standard InChI is InChI=1S/C11H15N3O5S2/c15-10(16)6-14(8-1-4-21(18,19)7-8)11(17)13-5-9-12-2-3-20-9/h2-3,8H,1,4-7H2,(H,13,17)(H,15,16). The number of aromatic nitrogens is 1. The van der Waals surface area contributed by atoms with Gasteiger partial charge in [0.25, 0.3) is 0 Å². The van der Waals surface area contributed by atoms with Crippen molar-refractivity contribution in [1.29, 1.82) is 0 Å². The fourth-order valence-electron chi connectivity index (χ4n) is 2.13. The van der Waals surface area contributed by atoms with Gasteiger partial charge >= 0.3 is 12.0 Å². The Bertz CT molecular complexity index is 614. The highest BCUT2D eigenvalue weighted by atomic mass is 32.2. The minimum absolute atomic E-state index is 0.0203. The summed E-state index contributed by atoms with van der Waals surface area (Å²) in [6, 6.07) is -1.18. The average Bonchev–Trinajstić information content (AvgIpc) is 3.02. The first kappa shape index (κ1) is 15.7. The zero-order valence-electron chi connectivity index (χ0n) is 11.1. The summed E-state index contributed by atoms with van der Waals surface area (Å²) < 4.78 is 23.0. The molecular weight excluding hydrogens is 318 g/mol. The van der Waals surface area contributed by atoms with Crippen LogP contribution in [0.15, 0.2) is 11.6 Å². The fraction of sp³-hybridized carbons (Fsp3) is 0.545. The van der Waals surface area contributed by atoms with Gasteiger partial charge in [0, 0.05) is 17.6 Å². The molecule has 2 heterocycles. The van der Waals surface area contributed by atoms with Gasteiger partial charge in [-0.15, -0.1) is 11.3 Å². The Morgan fingerprint density at radius 1 is 1.52 bits per heavy atom. The number of carboxylic acids is 1. The van der Waals surface area contributed by atoms with Gasteiger partial charge in [-0.05, 0) is 6.42 Å². The van der Waals surface area contributed by atoms with Crippen LogP contribution in [-0.2, 0) is 21.2 Å². The van der Waals surface area contributed by atoms with Crippen molar-refractivity contribution in [2.45, 2.75) is 19.0 Å². The molecule has 1 unspecified atom stereocenters. The van der Waals surface area contributed by atoms with Crippen molar-refractivity contribution in [2.24, 2.45) is 0 Å². The Morgan fingerprint density at radius 2 is 2.29 bits per heavy atom. The van der Waals surface area contributed by atoms with Gasteiger partial charge < -0.3 is 15.3 Å². The van der Waals surface area contributed by atoms with Crippen LogP contribution in [0.5, 0.6) is 0 Å². The molecule has 10 heteroatoms. The second kappa shape index (κ2) is 6.39. The molecule has 1 aromatic heterocycles. The largest absolute Gasteiger partial charge is 0.480 e. The number of nitrogens with one attached hydrogen (secondary N) is 1. The van der Waals surface area contributed by atoms with Gasteiger partial charge in [-0.1, -0.05) is 0 Å². The fourth-order valence-corrected chi connectivity index (χ4v) is 4.41. The molecule has 8 nitrogen and oxygen atoms in total. The van der Waals surface area contributed by atoms with E-state index in [-0.39, 0.29) is 24.5 Å². The molecule has 0 aromatic carbocycles. The van der Waals surface area contributed by atoms with E-state index in [2.05, 4.69) is 10.3 Å². The maximum absolute atomic E-state index is 12.1. The first-order chi connectivity index (χ1) is 9.87. The van der Waals surface area contributed by atoms with E-state index in [0.29, 0.717) is 5.01 Å². The Morgan fingerprint density at radius 3 is 2.81 bits per heavy atom. The number of nitrogens with zero attached hydrogens (tertiary/aromatic N) is 2. The lowest BCUT2D eigenvalue weighted by molar-refractivity contribution is -0.138. The normalized spacial score (nSPS) is 20.1. The van der Waals surface area contributed by atoms with E-state index < -0.39 is 34.4 Å². The number of carbonyl (C=O) groups excluding carboxylic acids is 1. The predicted octanol–water partition coefficient (Wildman–Crippen LogP) is -0.0736. The van der Waals surface area contributed by atoms with E-state index in [1.807, 2.05) is 0 Å². The number of hydrogen-bond acceptors (Lipinski definition) is 6. The summed E-state index contributed by atoms with van der Waals surface area (Å²) in [6.07, 6.45) is 1.87. The molecule has 0 saturated carbocycles. The van der Waals surface area contributed by atoms with Crippen LogP contribution in [0.25, 0.3) is 0 Å². The van der Waals surface area contributed by atoms with E-state index in [1.54, 1.807) is 11.6 Å². The molecule has 116 valence electrons. The van der Waals surface area contributed by atoms with Crippen LogP contribution in [0.1, 0.15) is 11.4 Å². The molecule has 0 bridgehead atoms. The van der Waals surface area contributed by atoms with Gasteiger partial charge in [-0.25, -0.2) is 18.2 Å². The smallest absolute Gasteiger partial charge is 0.323 e. The highest BCUT2D eigenvalue weighted by Crippen LogP contribution is 2.18. The minimum Gasteiger partial charge on any atom is -0.480 e. The molecule has 0 spiro atoms. The van der Waals surface area contributed by atoms with Crippen molar-refractivity contribution >= 4 is 33.2 Å². The third-order valence-electron chi connectivity index (χ3n) is 3.09. The SMILES string of the molecule is O=C(O)CN(C(=O)NCc1nccs1)C1CCS(=O)(=O)C1. The van der Waals surface area contributed by atoms with Crippen LogP contribution in [0.2, 0.25) is 0 Å². The van der Waals surface area contributed by atoms with Crippen LogP contribution in [0, 0.1) is 0 Å². The van der Waals surface area contributed by atoms with Gasteiger partial charge in [-0.3, -0.25) is 4.79 Å². The summed E-state index contributed by atoms with van der Waals surface area (Å²) >= 11 is 1.37. The van der Waals surface area contributed by atoms with Gasteiger partial charge in [-0.2, -0.15) is 0 Å². The van der Waals surface area contributed by atoms with E-state index in [1.165, 1.54) is 11.3 Å². The van der Waals surface area contributed by atoms with E-state index in [9.17, 15) is 18.0 Å². The maximum Gasteiger partial charge on any atom is 0.323 e. The van der Waals surface area contributed by atoms with E-state index in [0.717, 1.165) is 4.90 Å². The van der Waals surface area contributed by atoms with Crippen LogP contribution >= 0.6 is 11.3 Å². The molecule has 0 aliphatic carbocycles. The molecule has 2 N–H and O–H groups in total. The molecule has 1 aromatic rings. The van der Waals surface area contributed by atoms with Gasteiger partial charge in [0.05, 0.1) is 18.1 Å². The van der Waals surface area contributed by atoms with Gasteiger partial charge in [0.15, 0.2) is 9.84 Å². The summed E-state index contributed by atoms with van der Waals surface area (Å²) in [6.45, 7) is -0.337. The molecule has 2 rings (SSSR count). The molecule has 0 radical (unpaired) electrons. The number of amides is 2. The van der Waals surface area contributed by atoms with Crippen molar-refractivity contribution in [3.8, 4) is 0 Å². The Hall–Kier alpha value is -1.68. The first-order valence-electron chi connectivity index (χ1n) is 6.22. The summed E-state index contributed by atoms with van der Waals surface area (Å²) in [5, 5.41) is 13.9. The van der Waals surface area contributed by atoms with Crippen LogP contribution < -0.4 is 5.32 Å². The van der Waals surface area contributed by atoms with Crippen LogP contribution in [0.3, 0.4) is 0 Å². The average molecular weight is 333 g/mol. The molecule has 21 heavy (non-hydrogen) atoms. The van der Waals surface area contributed by atoms with Crippen molar-refractivity contribution in [3.63, 3.8) is 0 Å². The van der Waals surface area contributed by atoms with Crippen LogP contribution in [-0.4, -0.2) is 59.5 Å². The lowest BCUT2D eigenvalue weighted by atomic mass is 10.2. The predicted molar refractivity (Wildman–Crippen MR) is 75.8 cm³/mol. The van der Waals surface area contributed by atoms with Crippen molar-refractivity contribution in [1.82, 2.24) is 15.2 Å². The summed E-state index contributed by atoms with van der Waals surface area (Å²) in [4.78, 5) is 28.1. The Labute approximate surface area is 125 Å². The van der Waals surface area contributed by atoms with Crippen molar-refractivity contribution < 1.29 is 23.1 Å². The quantitative estimate of drug-likeness (QED) is 0.779. The lowest BCUT2D eigenvalue weighted by Crippen LogP contribution is -2.48. The lowest BCUT2D eigenvalue weighted by Gasteiger charge is -2.26. The molecule has 1 aliphatic rings. The summed E-state index contributed by atoms with van der Waals surface area (Å²) in [7, 11) is -3.19. The maximum atomic E-state index is 12.1. The van der Waals surface area contributed by atoms with Gasteiger partial charge in [0.2, 0.25) is 0 Å². The molecule has 1 aliphatic heterocycles. The molecule has 2 amide bonds. The zero-order chi connectivity index (χ0) is 15.5. The number of carbonyl (C=O) groups is 2. The molecule has 1 fully saturated rings. The first-order valence-corrected chi connectivity index (χ1v) is 8.92. The number of hydrogen-bond donors (Lipinski definition) is 2. The highest BCUT2D eigenvalue weighted by molar-refractivity contribution is 7.91. The number of sulfone groups is 1. The summed E-state index contributed by atoms with van der Waals surface area (Å²) in [5.74, 6) is -1.39. The molecule has 1 saturated heterocycles. The molecule has 1 atom stereocenters. The zero-order valence-corrected chi connectivity index (χ0v) is 12.7. The monoisotopic (exact) mass is 333 g/mol. The number of rotatable bonds is 5. The number of aliphatic carboxylic acids is 1. The number of urea groups is 1. The van der Waals surface area contributed by atoms with Crippen molar-refractivity contribution in [3.05, 3.63) is 16.6 Å². The Kier molecular flexibility index (Phi) is 4.78. The van der Waals surface area contributed by atoms with Crippen LogP contribution in [0.4, 0.5) is 4.79 Å². The Balaban J connectivity index is 2.01. The van der Waals surface area contributed by atoms with Crippen molar-refractivity contribution in [2.75, 3.05) is 18.1 Å². The van der Waals surface area contributed by atoms with Gasteiger partial charge in [0.1, 0.15) is 11.6 Å². The second-order valence-corrected chi connectivity index (χ2v) is 7.87. The summed E-state index contributed by atoms with van der Waals surface area (Å²) in [5.41, 5.74) is 0. The number of carboxylic acid groups (broad SMARTS) is 1. The molecular formula is C11H15N3O5S2. The number of thiazole rings is 1. The third-order valence-corrected chi connectivity index (χ3v) is 5.62. The topological polar surface area (TPSA) is 117 Å².